The molecular formula is C12H12ClN3O2. The quantitative estimate of drug-likeness (QED) is 0.793. The van der Waals surface area contributed by atoms with Crippen molar-refractivity contribution < 1.29 is 9.32 Å². The summed E-state index contributed by atoms with van der Waals surface area (Å²) >= 11 is 5.46. The zero-order valence-corrected chi connectivity index (χ0v) is 10.6. The topological polar surface area (TPSA) is 59.2 Å². The Balaban J connectivity index is 2.09. The molecule has 2 rings (SSSR count). The normalized spacial score (nSPS) is 10.3. The molecule has 18 heavy (non-hydrogen) atoms. The first kappa shape index (κ1) is 12.6. The first-order valence-corrected chi connectivity index (χ1v) is 5.92. The van der Waals surface area contributed by atoms with Crippen LogP contribution < -0.4 is 0 Å². The molecule has 0 unspecified atom stereocenters. The van der Waals surface area contributed by atoms with Crippen molar-refractivity contribution in [1.82, 2.24) is 15.0 Å². The van der Waals surface area contributed by atoms with Gasteiger partial charge in [-0.15, -0.1) is 11.6 Å². The second-order valence-electron chi connectivity index (χ2n) is 3.76. The van der Waals surface area contributed by atoms with Gasteiger partial charge in [0.05, 0.1) is 6.54 Å². The summed E-state index contributed by atoms with van der Waals surface area (Å²) in [6.07, 6.45) is 0. The van der Waals surface area contributed by atoms with Crippen LogP contribution >= 0.6 is 11.6 Å². The second-order valence-corrected chi connectivity index (χ2v) is 4.03. The van der Waals surface area contributed by atoms with Gasteiger partial charge in [0.1, 0.15) is 5.88 Å². The van der Waals surface area contributed by atoms with Crippen LogP contribution in [-0.4, -0.2) is 33.9 Å². The third kappa shape index (κ3) is 2.87. The van der Waals surface area contributed by atoms with Crippen LogP contribution in [0.2, 0.25) is 0 Å². The summed E-state index contributed by atoms with van der Waals surface area (Å²) in [5.74, 6) is 0.652. The van der Waals surface area contributed by atoms with Crippen LogP contribution in [0.25, 0.3) is 11.4 Å². The van der Waals surface area contributed by atoms with Crippen molar-refractivity contribution in [3.63, 3.8) is 0 Å². The van der Waals surface area contributed by atoms with Gasteiger partial charge in [0.2, 0.25) is 17.6 Å². The Hall–Kier alpha value is -1.88. The van der Waals surface area contributed by atoms with Gasteiger partial charge in [-0.25, -0.2) is 0 Å². The van der Waals surface area contributed by atoms with E-state index in [4.69, 9.17) is 16.1 Å². The van der Waals surface area contributed by atoms with Crippen molar-refractivity contribution in [2.45, 2.75) is 6.54 Å². The molecule has 0 aliphatic heterocycles. The summed E-state index contributed by atoms with van der Waals surface area (Å²) in [6.45, 7) is 0.255. The highest BCUT2D eigenvalue weighted by atomic mass is 35.5. The molecule has 1 amide bonds. The van der Waals surface area contributed by atoms with Gasteiger partial charge in [0, 0.05) is 12.6 Å². The van der Waals surface area contributed by atoms with Gasteiger partial charge in [0.15, 0.2) is 0 Å². The van der Waals surface area contributed by atoms with Gasteiger partial charge in [-0.3, -0.25) is 4.79 Å². The lowest BCUT2D eigenvalue weighted by Crippen LogP contribution is -2.27. The van der Waals surface area contributed by atoms with Crippen LogP contribution in [0.15, 0.2) is 34.9 Å². The molecule has 1 aromatic carbocycles. The van der Waals surface area contributed by atoms with Crippen LogP contribution in [0.1, 0.15) is 5.89 Å². The minimum atomic E-state index is -0.184. The fourth-order valence-electron chi connectivity index (χ4n) is 1.42. The molecule has 0 saturated carbocycles. The number of halogens is 1. The van der Waals surface area contributed by atoms with Gasteiger partial charge in [0.25, 0.3) is 0 Å². The Labute approximate surface area is 109 Å². The van der Waals surface area contributed by atoms with Gasteiger partial charge in [-0.05, 0) is 0 Å². The number of amides is 1. The SMILES string of the molecule is CN(Cc1nc(-c2ccccc2)no1)C(=O)CCl. The number of carbonyl (C=O) groups excluding carboxylic acids is 1. The second kappa shape index (κ2) is 5.64. The van der Waals surface area contributed by atoms with Crippen LogP contribution in [0, 0.1) is 0 Å². The third-order valence-corrected chi connectivity index (χ3v) is 2.64. The van der Waals surface area contributed by atoms with Crippen molar-refractivity contribution >= 4 is 17.5 Å². The molecule has 1 heterocycles. The number of benzene rings is 1. The number of hydrogen-bond acceptors (Lipinski definition) is 4. The monoisotopic (exact) mass is 265 g/mol. The molecule has 0 spiro atoms. The van der Waals surface area contributed by atoms with E-state index in [-0.39, 0.29) is 18.3 Å². The highest BCUT2D eigenvalue weighted by Crippen LogP contribution is 2.15. The maximum Gasteiger partial charge on any atom is 0.246 e. The fourth-order valence-corrected chi connectivity index (χ4v) is 1.62. The Morgan fingerprint density at radius 3 is 2.78 bits per heavy atom. The first-order valence-electron chi connectivity index (χ1n) is 5.38. The van der Waals surface area contributed by atoms with E-state index in [1.165, 1.54) is 4.90 Å². The van der Waals surface area contributed by atoms with Gasteiger partial charge < -0.3 is 9.42 Å². The lowest BCUT2D eigenvalue weighted by molar-refractivity contribution is -0.128. The van der Waals surface area contributed by atoms with E-state index in [1.54, 1.807) is 7.05 Å². The van der Waals surface area contributed by atoms with Crippen LogP contribution in [-0.2, 0) is 11.3 Å². The summed E-state index contributed by atoms with van der Waals surface area (Å²) in [4.78, 5) is 17.0. The molecule has 5 nitrogen and oxygen atoms in total. The van der Waals surface area contributed by atoms with E-state index in [2.05, 4.69) is 10.1 Å². The molecule has 1 aromatic heterocycles. The zero-order chi connectivity index (χ0) is 13.0. The molecule has 2 aromatic rings. The Morgan fingerprint density at radius 1 is 1.39 bits per heavy atom. The third-order valence-electron chi connectivity index (χ3n) is 2.41. The maximum atomic E-state index is 11.3. The summed E-state index contributed by atoms with van der Waals surface area (Å²) in [6, 6.07) is 9.49. The summed E-state index contributed by atoms with van der Waals surface area (Å²) in [5, 5.41) is 3.87. The van der Waals surface area contributed by atoms with Crippen LogP contribution in [0.4, 0.5) is 0 Å². The number of hydrogen-bond donors (Lipinski definition) is 0. The lowest BCUT2D eigenvalue weighted by Gasteiger charge is -2.11. The molecule has 0 atom stereocenters. The predicted octanol–water partition coefficient (Wildman–Crippen LogP) is 1.93. The van der Waals surface area contributed by atoms with E-state index in [9.17, 15) is 4.79 Å². The zero-order valence-electron chi connectivity index (χ0n) is 9.84. The van der Waals surface area contributed by atoms with Crippen molar-refractivity contribution in [3.8, 4) is 11.4 Å². The number of alkyl halides is 1. The molecule has 0 aliphatic carbocycles. The Bertz CT molecular complexity index is 527. The molecule has 0 aliphatic rings. The Kier molecular flexibility index (Phi) is 3.94. The predicted molar refractivity (Wildman–Crippen MR) is 66.9 cm³/mol. The first-order chi connectivity index (χ1) is 8.70. The van der Waals surface area contributed by atoms with Crippen molar-refractivity contribution in [3.05, 3.63) is 36.2 Å². The Morgan fingerprint density at radius 2 is 2.11 bits per heavy atom. The standard InChI is InChI=1S/C12H12ClN3O2/c1-16(11(17)7-13)8-10-14-12(15-18-10)9-5-3-2-4-6-9/h2-6H,7-8H2,1H3. The van der Waals surface area contributed by atoms with E-state index in [0.29, 0.717) is 11.7 Å². The summed E-state index contributed by atoms with van der Waals surface area (Å²) in [7, 11) is 1.64. The fraction of sp³-hybridized carbons (Fsp3) is 0.250. The van der Waals surface area contributed by atoms with Gasteiger partial charge in [-0.1, -0.05) is 35.5 Å². The molecule has 0 saturated heterocycles. The average Bonchev–Trinajstić information content (AvgIpc) is 2.87. The molecule has 0 bridgehead atoms. The van der Waals surface area contributed by atoms with Crippen molar-refractivity contribution in [2.24, 2.45) is 0 Å². The highest BCUT2D eigenvalue weighted by Gasteiger charge is 2.13. The number of carbonyl (C=O) groups is 1. The van der Waals surface area contributed by atoms with E-state index >= 15 is 0 Å². The lowest BCUT2D eigenvalue weighted by atomic mass is 10.2. The minimum Gasteiger partial charge on any atom is -0.337 e. The van der Waals surface area contributed by atoms with Crippen molar-refractivity contribution in [2.75, 3.05) is 12.9 Å². The van der Waals surface area contributed by atoms with Crippen LogP contribution in [0.5, 0.6) is 0 Å². The molecule has 6 heteroatoms. The number of rotatable bonds is 4. The average molecular weight is 266 g/mol. The number of nitrogens with zero attached hydrogens (tertiary/aromatic N) is 3. The summed E-state index contributed by atoms with van der Waals surface area (Å²) < 4.78 is 5.09. The highest BCUT2D eigenvalue weighted by molar-refractivity contribution is 6.27. The van der Waals surface area contributed by atoms with Gasteiger partial charge >= 0.3 is 0 Å². The molecule has 0 N–H and O–H groups in total. The minimum absolute atomic E-state index is 0.0593. The molecule has 0 radical (unpaired) electrons. The van der Waals surface area contributed by atoms with Crippen LogP contribution in [0.3, 0.4) is 0 Å². The maximum absolute atomic E-state index is 11.3. The van der Waals surface area contributed by atoms with E-state index < -0.39 is 0 Å². The van der Waals surface area contributed by atoms with Crippen molar-refractivity contribution in [1.29, 1.82) is 0 Å². The molecule has 94 valence electrons. The molecule has 0 fully saturated rings. The number of aromatic nitrogens is 2. The van der Waals surface area contributed by atoms with Gasteiger partial charge in [-0.2, -0.15) is 4.98 Å². The largest absolute Gasteiger partial charge is 0.337 e. The summed E-state index contributed by atoms with van der Waals surface area (Å²) in [5.41, 5.74) is 0.874. The van der Waals surface area contributed by atoms with E-state index in [1.807, 2.05) is 30.3 Å². The smallest absolute Gasteiger partial charge is 0.246 e. The van der Waals surface area contributed by atoms with E-state index in [0.717, 1.165) is 5.56 Å². The molecular weight excluding hydrogens is 254 g/mol.